The molecule has 98 valence electrons. The van der Waals surface area contributed by atoms with Gasteiger partial charge < -0.3 is 15.4 Å². The van der Waals surface area contributed by atoms with E-state index in [-0.39, 0.29) is 29.6 Å². The highest BCUT2D eigenvalue weighted by molar-refractivity contribution is 5.96. The van der Waals surface area contributed by atoms with Crippen molar-refractivity contribution < 1.29 is 14.2 Å². The zero-order valence-corrected chi connectivity index (χ0v) is 10.0. The maximum atomic E-state index is 12.4. The molecule has 1 amide bonds. The van der Waals surface area contributed by atoms with Crippen molar-refractivity contribution in [2.75, 3.05) is 18.9 Å². The van der Waals surface area contributed by atoms with Crippen LogP contribution in [0.3, 0.4) is 0 Å². The molecule has 7 nitrogen and oxygen atoms in total. The van der Waals surface area contributed by atoms with E-state index in [0.717, 1.165) is 25.7 Å². The number of carbonyl (C=O) groups is 1. The Bertz CT molecular complexity index is 445. The Morgan fingerprint density at radius 1 is 1.33 bits per heavy atom. The fraction of sp³-hybridized carbons (Fsp3) is 0.727. The number of nitrogen functional groups attached to an aromatic ring is 1. The van der Waals surface area contributed by atoms with Crippen molar-refractivity contribution in [3.05, 3.63) is 5.69 Å². The number of rotatable bonds is 1. The van der Waals surface area contributed by atoms with Gasteiger partial charge in [0.05, 0.1) is 18.8 Å². The SMILES string of the molecule is Nc1nonc1C(=O)N1CCOC2CCCCC21. The van der Waals surface area contributed by atoms with Crippen molar-refractivity contribution in [3.63, 3.8) is 0 Å². The molecule has 7 heteroatoms. The Hall–Kier alpha value is -1.63. The molecule has 18 heavy (non-hydrogen) atoms. The second kappa shape index (κ2) is 4.56. The minimum Gasteiger partial charge on any atom is -0.379 e. The van der Waals surface area contributed by atoms with Gasteiger partial charge in [-0.1, -0.05) is 12.8 Å². The molecular formula is C11H16N4O3. The van der Waals surface area contributed by atoms with Crippen LogP contribution < -0.4 is 5.73 Å². The van der Waals surface area contributed by atoms with Crippen molar-refractivity contribution in [3.8, 4) is 0 Å². The maximum absolute atomic E-state index is 12.4. The fourth-order valence-corrected chi connectivity index (χ4v) is 2.83. The summed E-state index contributed by atoms with van der Waals surface area (Å²) in [7, 11) is 0. The predicted octanol–water partition coefficient (Wildman–Crippen LogP) is 0.435. The van der Waals surface area contributed by atoms with Crippen LogP contribution in [0.5, 0.6) is 0 Å². The topological polar surface area (TPSA) is 94.5 Å². The van der Waals surface area contributed by atoms with E-state index >= 15 is 0 Å². The standard InChI is InChI=1S/C11H16N4O3/c12-10-9(13-18-14-10)11(16)15-5-6-17-8-4-2-1-3-7(8)15/h7-8H,1-6H2,(H2,12,14). The molecule has 0 radical (unpaired) electrons. The summed E-state index contributed by atoms with van der Waals surface area (Å²) >= 11 is 0. The summed E-state index contributed by atoms with van der Waals surface area (Å²) in [5, 5.41) is 7.03. The number of amides is 1. The lowest BCUT2D eigenvalue weighted by atomic mass is 9.90. The van der Waals surface area contributed by atoms with E-state index in [9.17, 15) is 4.79 Å². The third-order valence-corrected chi connectivity index (χ3v) is 3.71. The number of aromatic nitrogens is 2. The molecule has 0 aromatic carbocycles. The summed E-state index contributed by atoms with van der Waals surface area (Å²) in [6, 6.07) is 0.135. The van der Waals surface area contributed by atoms with Gasteiger partial charge in [-0.2, -0.15) is 0 Å². The summed E-state index contributed by atoms with van der Waals surface area (Å²) in [6.07, 6.45) is 4.43. The van der Waals surface area contributed by atoms with Gasteiger partial charge in [0.1, 0.15) is 0 Å². The Labute approximate surface area is 104 Å². The Kier molecular flexibility index (Phi) is 2.91. The van der Waals surface area contributed by atoms with Crippen molar-refractivity contribution in [1.29, 1.82) is 0 Å². The van der Waals surface area contributed by atoms with Gasteiger partial charge in [-0.25, -0.2) is 4.63 Å². The number of nitrogens with two attached hydrogens (primary N) is 1. The van der Waals surface area contributed by atoms with E-state index < -0.39 is 0 Å². The largest absolute Gasteiger partial charge is 0.379 e. The third kappa shape index (κ3) is 1.84. The first-order valence-electron chi connectivity index (χ1n) is 6.28. The smallest absolute Gasteiger partial charge is 0.280 e. The number of nitrogens with zero attached hydrogens (tertiary/aromatic N) is 3. The van der Waals surface area contributed by atoms with Crippen LogP contribution in [0.1, 0.15) is 36.2 Å². The molecule has 1 aromatic rings. The summed E-state index contributed by atoms with van der Waals surface area (Å²) in [5.74, 6) is -0.146. The van der Waals surface area contributed by atoms with E-state index in [1.807, 2.05) is 4.90 Å². The second-order valence-electron chi connectivity index (χ2n) is 4.76. The molecule has 0 bridgehead atoms. The van der Waals surface area contributed by atoms with E-state index in [4.69, 9.17) is 10.5 Å². The van der Waals surface area contributed by atoms with Gasteiger partial charge in [0.25, 0.3) is 5.91 Å². The number of fused-ring (bicyclic) bond motifs is 1. The van der Waals surface area contributed by atoms with Crippen molar-refractivity contribution in [2.45, 2.75) is 37.8 Å². The Balaban J connectivity index is 1.82. The van der Waals surface area contributed by atoms with Crippen LogP contribution >= 0.6 is 0 Å². The van der Waals surface area contributed by atoms with Crippen molar-refractivity contribution in [2.24, 2.45) is 0 Å². The van der Waals surface area contributed by atoms with Crippen LogP contribution in [-0.4, -0.2) is 46.4 Å². The quantitative estimate of drug-likeness (QED) is 0.779. The molecule has 2 heterocycles. The number of ether oxygens (including phenoxy) is 1. The zero-order chi connectivity index (χ0) is 12.5. The summed E-state index contributed by atoms with van der Waals surface area (Å²) in [5.41, 5.74) is 5.68. The average Bonchev–Trinajstić information content (AvgIpc) is 2.83. The lowest BCUT2D eigenvalue weighted by molar-refractivity contribution is -0.0754. The minimum atomic E-state index is -0.200. The lowest BCUT2D eigenvalue weighted by Gasteiger charge is -2.43. The highest BCUT2D eigenvalue weighted by Gasteiger charge is 2.38. The molecule has 2 atom stereocenters. The van der Waals surface area contributed by atoms with E-state index in [1.54, 1.807) is 0 Å². The Morgan fingerprint density at radius 2 is 2.17 bits per heavy atom. The van der Waals surface area contributed by atoms with Gasteiger partial charge >= 0.3 is 0 Å². The molecule has 2 N–H and O–H groups in total. The second-order valence-corrected chi connectivity index (χ2v) is 4.76. The fourth-order valence-electron chi connectivity index (χ4n) is 2.83. The van der Waals surface area contributed by atoms with Crippen LogP contribution in [0.15, 0.2) is 4.63 Å². The summed E-state index contributed by atoms with van der Waals surface area (Å²) in [4.78, 5) is 14.2. The van der Waals surface area contributed by atoms with Crippen molar-refractivity contribution in [1.82, 2.24) is 15.2 Å². The average molecular weight is 252 g/mol. The number of hydrogen-bond donors (Lipinski definition) is 1. The van der Waals surface area contributed by atoms with E-state index in [2.05, 4.69) is 14.9 Å². The van der Waals surface area contributed by atoms with Crippen LogP contribution in [-0.2, 0) is 4.74 Å². The van der Waals surface area contributed by atoms with Gasteiger partial charge in [0, 0.05) is 6.54 Å². The van der Waals surface area contributed by atoms with Gasteiger partial charge in [-0.3, -0.25) is 4.79 Å². The van der Waals surface area contributed by atoms with Crippen LogP contribution in [0, 0.1) is 0 Å². The van der Waals surface area contributed by atoms with Crippen LogP contribution in [0.4, 0.5) is 5.82 Å². The first-order valence-corrected chi connectivity index (χ1v) is 6.28. The maximum Gasteiger partial charge on any atom is 0.280 e. The third-order valence-electron chi connectivity index (χ3n) is 3.71. The van der Waals surface area contributed by atoms with Crippen molar-refractivity contribution >= 4 is 11.7 Å². The molecular weight excluding hydrogens is 236 g/mol. The first-order chi connectivity index (χ1) is 8.77. The number of anilines is 1. The van der Waals surface area contributed by atoms with Crippen LogP contribution in [0.2, 0.25) is 0 Å². The Morgan fingerprint density at radius 3 is 2.94 bits per heavy atom. The van der Waals surface area contributed by atoms with Gasteiger partial charge in [0.15, 0.2) is 0 Å². The molecule has 1 saturated carbocycles. The highest BCUT2D eigenvalue weighted by atomic mass is 16.6. The normalized spacial score (nSPS) is 27.9. The molecule has 1 aromatic heterocycles. The van der Waals surface area contributed by atoms with Crippen LogP contribution in [0.25, 0.3) is 0 Å². The van der Waals surface area contributed by atoms with Gasteiger partial charge in [0.2, 0.25) is 11.5 Å². The minimum absolute atomic E-state index is 0.0545. The van der Waals surface area contributed by atoms with E-state index in [0.29, 0.717) is 13.2 Å². The number of morpholine rings is 1. The monoisotopic (exact) mass is 252 g/mol. The molecule has 2 aliphatic rings. The molecule has 1 saturated heterocycles. The number of carbonyl (C=O) groups excluding carboxylic acids is 1. The molecule has 2 fully saturated rings. The first kappa shape index (κ1) is 11.5. The molecule has 1 aliphatic heterocycles. The predicted molar refractivity (Wildman–Crippen MR) is 61.7 cm³/mol. The molecule has 0 spiro atoms. The van der Waals surface area contributed by atoms with Gasteiger partial charge in [-0.05, 0) is 23.2 Å². The molecule has 3 rings (SSSR count). The van der Waals surface area contributed by atoms with Gasteiger partial charge in [-0.15, -0.1) is 0 Å². The highest BCUT2D eigenvalue weighted by Crippen LogP contribution is 2.29. The van der Waals surface area contributed by atoms with E-state index in [1.165, 1.54) is 0 Å². The zero-order valence-electron chi connectivity index (χ0n) is 10.0. The lowest BCUT2D eigenvalue weighted by Crippen LogP contribution is -2.55. The number of hydrogen-bond acceptors (Lipinski definition) is 6. The molecule has 2 unspecified atom stereocenters. The molecule has 1 aliphatic carbocycles. The summed E-state index contributed by atoms with van der Waals surface area (Å²) < 4.78 is 10.2. The summed E-state index contributed by atoms with van der Waals surface area (Å²) in [6.45, 7) is 1.14.